The first-order valence-electron chi connectivity index (χ1n) is 4.77. The normalized spacial score (nSPS) is 10.0. The molecule has 0 aromatic heterocycles. The number of aliphatic hydroxyl groups excluding tert-OH is 1. The first kappa shape index (κ1) is 12.2. The highest BCUT2D eigenvalue weighted by Gasteiger charge is 2.00. The van der Waals surface area contributed by atoms with Crippen LogP contribution in [0.2, 0.25) is 0 Å². The Morgan fingerprint density at radius 3 is 2.80 bits per heavy atom. The molecule has 0 aliphatic heterocycles. The smallest absolute Gasteiger partial charge is 0.221 e. The van der Waals surface area contributed by atoms with Crippen LogP contribution in [0.25, 0.3) is 0 Å². The van der Waals surface area contributed by atoms with Crippen LogP contribution in [-0.2, 0) is 17.9 Å². The topological polar surface area (TPSA) is 49.3 Å². The van der Waals surface area contributed by atoms with Crippen molar-refractivity contribution in [1.29, 1.82) is 0 Å². The minimum absolute atomic E-state index is 0.0290. The second kappa shape index (κ2) is 6.58. The molecule has 0 fully saturated rings. The zero-order valence-electron chi connectivity index (χ0n) is 8.37. The summed E-state index contributed by atoms with van der Waals surface area (Å²) < 4.78 is 0. The fourth-order valence-corrected chi connectivity index (χ4v) is 1.57. The fraction of sp³-hybridized carbons (Fsp3) is 0.364. The average Bonchev–Trinajstić information content (AvgIpc) is 2.27. The van der Waals surface area contributed by atoms with Gasteiger partial charge in [-0.2, -0.15) is 0 Å². The fourth-order valence-electron chi connectivity index (χ4n) is 1.21. The van der Waals surface area contributed by atoms with Gasteiger partial charge in [-0.25, -0.2) is 0 Å². The number of alkyl halides is 1. The second-order valence-corrected chi connectivity index (χ2v) is 3.99. The Balaban J connectivity index is 2.46. The molecule has 0 aliphatic carbocycles. The summed E-state index contributed by atoms with van der Waals surface area (Å²) in [6, 6.07) is 7.53. The number of hydrogen-bond acceptors (Lipinski definition) is 2. The van der Waals surface area contributed by atoms with Gasteiger partial charge in [0.15, 0.2) is 0 Å². The first-order valence-corrected chi connectivity index (χ1v) is 5.89. The number of rotatable bonds is 5. The maximum absolute atomic E-state index is 11.2. The van der Waals surface area contributed by atoms with E-state index in [0.29, 0.717) is 18.3 Å². The van der Waals surface area contributed by atoms with Crippen LogP contribution >= 0.6 is 15.9 Å². The van der Waals surface area contributed by atoms with E-state index >= 15 is 0 Å². The molecule has 1 rings (SSSR count). The molecule has 4 heteroatoms. The minimum Gasteiger partial charge on any atom is -0.392 e. The van der Waals surface area contributed by atoms with Crippen molar-refractivity contribution in [2.75, 3.05) is 5.33 Å². The lowest BCUT2D eigenvalue weighted by Gasteiger charge is -2.05. The van der Waals surface area contributed by atoms with Crippen molar-refractivity contribution in [2.45, 2.75) is 19.6 Å². The van der Waals surface area contributed by atoms with Gasteiger partial charge in [-0.15, -0.1) is 0 Å². The molecule has 0 radical (unpaired) electrons. The zero-order chi connectivity index (χ0) is 11.1. The Labute approximate surface area is 97.6 Å². The van der Waals surface area contributed by atoms with Crippen LogP contribution in [0.4, 0.5) is 0 Å². The number of carbonyl (C=O) groups excluding carboxylic acids is 1. The number of aliphatic hydroxyl groups is 1. The lowest BCUT2D eigenvalue weighted by molar-refractivity contribution is -0.120. The molecular formula is C11H14BrNO2. The maximum atomic E-state index is 11.2. The third-order valence-corrected chi connectivity index (χ3v) is 2.38. The Bertz CT molecular complexity index is 328. The molecule has 0 saturated heterocycles. The molecular weight excluding hydrogens is 258 g/mol. The van der Waals surface area contributed by atoms with Crippen LogP contribution < -0.4 is 5.32 Å². The third-order valence-electron chi connectivity index (χ3n) is 1.99. The summed E-state index contributed by atoms with van der Waals surface area (Å²) in [6.45, 7) is 0.545. The van der Waals surface area contributed by atoms with Gasteiger partial charge in [-0.3, -0.25) is 4.79 Å². The predicted octanol–water partition coefficient (Wildman–Crippen LogP) is 1.58. The van der Waals surface area contributed by atoms with Gasteiger partial charge in [-0.1, -0.05) is 40.2 Å². The molecule has 1 amide bonds. The van der Waals surface area contributed by atoms with E-state index in [4.69, 9.17) is 5.11 Å². The Hall–Kier alpha value is -0.870. The first-order chi connectivity index (χ1) is 7.26. The molecule has 0 heterocycles. The SMILES string of the molecule is O=C(CCBr)NCc1cccc(CO)c1. The highest BCUT2D eigenvalue weighted by atomic mass is 79.9. The van der Waals surface area contributed by atoms with Crippen LogP contribution in [0.3, 0.4) is 0 Å². The summed E-state index contributed by atoms with van der Waals surface area (Å²) in [5.41, 5.74) is 1.87. The molecule has 1 aromatic carbocycles. The Kier molecular flexibility index (Phi) is 5.36. The van der Waals surface area contributed by atoms with Gasteiger partial charge < -0.3 is 10.4 Å². The largest absolute Gasteiger partial charge is 0.392 e. The highest BCUT2D eigenvalue weighted by Crippen LogP contribution is 2.04. The molecule has 2 N–H and O–H groups in total. The summed E-state index contributed by atoms with van der Waals surface area (Å²) in [7, 11) is 0. The van der Waals surface area contributed by atoms with Crippen LogP contribution in [0.1, 0.15) is 17.5 Å². The van der Waals surface area contributed by atoms with Gasteiger partial charge in [-0.05, 0) is 11.1 Å². The van der Waals surface area contributed by atoms with Crippen molar-refractivity contribution >= 4 is 21.8 Å². The van der Waals surface area contributed by atoms with Crippen LogP contribution in [-0.4, -0.2) is 16.3 Å². The molecule has 0 aliphatic rings. The molecule has 0 saturated carbocycles. The van der Waals surface area contributed by atoms with Gasteiger partial charge in [0.1, 0.15) is 0 Å². The van der Waals surface area contributed by atoms with E-state index in [1.54, 1.807) is 0 Å². The van der Waals surface area contributed by atoms with Crippen LogP contribution in [0, 0.1) is 0 Å². The van der Waals surface area contributed by atoms with Crippen molar-refractivity contribution in [2.24, 2.45) is 0 Å². The van der Waals surface area contributed by atoms with Gasteiger partial charge in [0, 0.05) is 18.3 Å². The summed E-state index contributed by atoms with van der Waals surface area (Å²) >= 11 is 3.21. The number of nitrogens with one attached hydrogen (secondary N) is 1. The molecule has 82 valence electrons. The van der Waals surface area contributed by atoms with Gasteiger partial charge in [0.2, 0.25) is 5.91 Å². The quantitative estimate of drug-likeness (QED) is 0.799. The molecule has 0 unspecified atom stereocenters. The Morgan fingerprint density at radius 1 is 1.40 bits per heavy atom. The second-order valence-electron chi connectivity index (χ2n) is 3.19. The summed E-state index contributed by atoms with van der Waals surface area (Å²) in [5, 5.41) is 12.4. The number of carbonyl (C=O) groups is 1. The van der Waals surface area contributed by atoms with E-state index < -0.39 is 0 Å². The molecule has 1 aromatic rings. The number of halogens is 1. The number of amides is 1. The van der Waals surface area contributed by atoms with Crippen molar-refractivity contribution < 1.29 is 9.90 Å². The molecule has 15 heavy (non-hydrogen) atoms. The minimum atomic E-state index is 0.0290. The van der Waals surface area contributed by atoms with E-state index in [0.717, 1.165) is 11.1 Å². The van der Waals surface area contributed by atoms with E-state index in [2.05, 4.69) is 21.2 Å². The molecule has 0 spiro atoms. The highest BCUT2D eigenvalue weighted by molar-refractivity contribution is 9.09. The van der Waals surface area contributed by atoms with Gasteiger partial charge >= 0.3 is 0 Å². The summed E-state index contributed by atoms with van der Waals surface area (Å²) in [5.74, 6) is 0.0290. The Morgan fingerprint density at radius 2 is 2.13 bits per heavy atom. The van der Waals surface area contributed by atoms with Crippen LogP contribution in [0.15, 0.2) is 24.3 Å². The van der Waals surface area contributed by atoms with E-state index in [1.807, 2.05) is 24.3 Å². The van der Waals surface area contributed by atoms with E-state index in [1.165, 1.54) is 0 Å². The van der Waals surface area contributed by atoms with Crippen molar-refractivity contribution in [1.82, 2.24) is 5.32 Å². The van der Waals surface area contributed by atoms with Crippen molar-refractivity contribution in [3.05, 3.63) is 35.4 Å². The average molecular weight is 272 g/mol. The molecule has 3 nitrogen and oxygen atoms in total. The predicted molar refractivity (Wildman–Crippen MR) is 62.6 cm³/mol. The van der Waals surface area contributed by atoms with E-state index in [9.17, 15) is 4.79 Å². The van der Waals surface area contributed by atoms with Gasteiger partial charge in [0.05, 0.1) is 6.61 Å². The monoisotopic (exact) mass is 271 g/mol. The third kappa shape index (κ3) is 4.44. The zero-order valence-corrected chi connectivity index (χ0v) is 9.96. The molecule has 0 bridgehead atoms. The van der Waals surface area contributed by atoms with E-state index in [-0.39, 0.29) is 12.5 Å². The standard InChI is InChI=1S/C11H14BrNO2/c12-5-4-11(15)13-7-9-2-1-3-10(6-9)8-14/h1-3,6,14H,4-5,7-8H2,(H,13,15). The van der Waals surface area contributed by atoms with Crippen molar-refractivity contribution in [3.8, 4) is 0 Å². The molecule has 0 atom stereocenters. The lowest BCUT2D eigenvalue weighted by Crippen LogP contribution is -2.22. The number of benzene rings is 1. The lowest BCUT2D eigenvalue weighted by atomic mass is 10.1. The van der Waals surface area contributed by atoms with Crippen molar-refractivity contribution in [3.63, 3.8) is 0 Å². The maximum Gasteiger partial charge on any atom is 0.221 e. The summed E-state index contributed by atoms with van der Waals surface area (Å²) in [4.78, 5) is 11.2. The van der Waals surface area contributed by atoms with Crippen LogP contribution in [0.5, 0.6) is 0 Å². The van der Waals surface area contributed by atoms with Gasteiger partial charge in [0.25, 0.3) is 0 Å². The number of hydrogen-bond donors (Lipinski definition) is 2. The summed E-state index contributed by atoms with van der Waals surface area (Å²) in [6.07, 6.45) is 0.486.